The molecule has 0 saturated heterocycles. The van der Waals surface area contributed by atoms with Crippen molar-refractivity contribution < 1.29 is 19.0 Å². The second-order valence-electron chi connectivity index (χ2n) is 5.40. The van der Waals surface area contributed by atoms with Gasteiger partial charge < -0.3 is 14.2 Å². The van der Waals surface area contributed by atoms with Crippen LogP contribution in [0, 0.1) is 5.41 Å². The van der Waals surface area contributed by atoms with E-state index < -0.39 is 5.41 Å². The largest absolute Gasteiger partial charge is 0.457 e. The summed E-state index contributed by atoms with van der Waals surface area (Å²) < 4.78 is 16.1. The molecule has 1 heterocycles. The maximum Gasteiger partial charge on any atom is 0.312 e. The van der Waals surface area contributed by atoms with Crippen LogP contribution in [-0.2, 0) is 9.53 Å². The van der Waals surface area contributed by atoms with Gasteiger partial charge in [0.2, 0.25) is 6.79 Å². The lowest BCUT2D eigenvalue weighted by atomic mass is 9.90. The molecule has 104 valence electrons. The number of carbonyl (C=O) groups is 1. The molecular weight excluding hydrogens is 244 g/mol. The van der Waals surface area contributed by atoms with E-state index in [9.17, 15) is 4.79 Å². The van der Waals surface area contributed by atoms with Gasteiger partial charge in [-0.05, 0) is 44.9 Å². The molecule has 4 heteroatoms. The van der Waals surface area contributed by atoms with Gasteiger partial charge in [-0.1, -0.05) is 13.0 Å². The third-order valence-electron chi connectivity index (χ3n) is 3.59. The summed E-state index contributed by atoms with van der Waals surface area (Å²) in [6, 6.07) is 5.59. The smallest absolute Gasteiger partial charge is 0.312 e. The summed E-state index contributed by atoms with van der Waals surface area (Å²) in [4.78, 5) is 12.0. The van der Waals surface area contributed by atoms with Crippen LogP contribution < -0.4 is 9.47 Å². The number of rotatable bonds is 4. The molecule has 0 bridgehead atoms. The fourth-order valence-corrected chi connectivity index (χ4v) is 1.70. The molecule has 19 heavy (non-hydrogen) atoms. The highest BCUT2D eigenvalue weighted by molar-refractivity contribution is 5.76. The zero-order chi connectivity index (χ0) is 14.0. The monoisotopic (exact) mass is 264 g/mol. The van der Waals surface area contributed by atoms with Crippen molar-refractivity contribution >= 4 is 5.97 Å². The van der Waals surface area contributed by atoms with Gasteiger partial charge in [0.25, 0.3) is 0 Å². The molecule has 0 fully saturated rings. The summed E-state index contributed by atoms with van der Waals surface area (Å²) in [6.45, 7) is 7.87. The maximum atomic E-state index is 12.0. The molecule has 0 radical (unpaired) electrons. The SMILES string of the molecule is CCC(C)(C)C(=O)OC(C)c1ccc2c(c1)OCO2. The first kappa shape index (κ1) is 13.7. The minimum Gasteiger partial charge on any atom is -0.457 e. The molecule has 0 aromatic heterocycles. The van der Waals surface area contributed by atoms with Crippen molar-refractivity contribution in [1.82, 2.24) is 0 Å². The van der Waals surface area contributed by atoms with Crippen LogP contribution in [0.4, 0.5) is 0 Å². The third-order valence-corrected chi connectivity index (χ3v) is 3.59. The Labute approximate surface area is 113 Å². The topological polar surface area (TPSA) is 44.8 Å². The number of hydrogen-bond acceptors (Lipinski definition) is 4. The van der Waals surface area contributed by atoms with E-state index in [1.807, 2.05) is 45.9 Å². The number of carbonyl (C=O) groups excluding carboxylic acids is 1. The summed E-state index contributed by atoms with van der Waals surface area (Å²) >= 11 is 0. The first-order valence-corrected chi connectivity index (χ1v) is 6.54. The lowest BCUT2D eigenvalue weighted by molar-refractivity contribution is -0.159. The van der Waals surface area contributed by atoms with Gasteiger partial charge in [0.15, 0.2) is 11.5 Å². The molecule has 0 saturated carbocycles. The Kier molecular flexibility index (Phi) is 3.69. The fourth-order valence-electron chi connectivity index (χ4n) is 1.70. The van der Waals surface area contributed by atoms with Crippen molar-refractivity contribution in [3.8, 4) is 11.5 Å². The van der Waals surface area contributed by atoms with Gasteiger partial charge in [0.05, 0.1) is 5.41 Å². The second-order valence-corrected chi connectivity index (χ2v) is 5.40. The Morgan fingerprint density at radius 1 is 1.37 bits per heavy atom. The fraction of sp³-hybridized carbons (Fsp3) is 0.533. The highest BCUT2D eigenvalue weighted by atomic mass is 16.7. The molecule has 0 aliphatic carbocycles. The molecule has 2 rings (SSSR count). The van der Waals surface area contributed by atoms with E-state index in [2.05, 4.69) is 0 Å². The first-order valence-electron chi connectivity index (χ1n) is 6.54. The third kappa shape index (κ3) is 2.83. The van der Waals surface area contributed by atoms with Crippen LogP contribution in [0.25, 0.3) is 0 Å². The molecule has 0 spiro atoms. The van der Waals surface area contributed by atoms with Crippen LogP contribution in [0.2, 0.25) is 0 Å². The Morgan fingerprint density at radius 3 is 2.74 bits per heavy atom. The van der Waals surface area contributed by atoms with Crippen molar-refractivity contribution in [1.29, 1.82) is 0 Å². The van der Waals surface area contributed by atoms with Crippen LogP contribution >= 0.6 is 0 Å². The van der Waals surface area contributed by atoms with Crippen LogP contribution in [0.3, 0.4) is 0 Å². The zero-order valence-electron chi connectivity index (χ0n) is 11.9. The molecule has 1 aromatic carbocycles. The quantitative estimate of drug-likeness (QED) is 0.781. The van der Waals surface area contributed by atoms with Crippen LogP contribution in [0.15, 0.2) is 18.2 Å². The normalized spacial score (nSPS) is 15.2. The molecule has 1 atom stereocenters. The second kappa shape index (κ2) is 5.11. The van der Waals surface area contributed by atoms with E-state index in [0.717, 1.165) is 17.7 Å². The van der Waals surface area contributed by atoms with E-state index >= 15 is 0 Å². The van der Waals surface area contributed by atoms with Crippen LogP contribution in [-0.4, -0.2) is 12.8 Å². The highest BCUT2D eigenvalue weighted by Crippen LogP contribution is 2.35. The van der Waals surface area contributed by atoms with Gasteiger partial charge in [-0.15, -0.1) is 0 Å². The van der Waals surface area contributed by atoms with Gasteiger partial charge in [-0.2, -0.15) is 0 Å². The average molecular weight is 264 g/mol. The average Bonchev–Trinajstić information content (AvgIpc) is 2.85. The van der Waals surface area contributed by atoms with Crippen molar-refractivity contribution in [3.05, 3.63) is 23.8 Å². The number of ether oxygens (including phenoxy) is 3. The maximum absolute atomic E-state index is 12.0. The molecular formula is C15H20O4. The lowest BCUT2D eigenvalue weighted by Crippen LogP contribution is -2.26. The van der Waals surface area contributed by atoms with Gasteiger partial charge in [0.1, 0.15) is 6.10 Å². The van der Waals surface area contributed by atoms with Gasteiger partial charge in [0, 0.05) is 0 Å². The number of esters is 1. The predicted octanol–water partition coefficient (Wildman–Crippen LogP) is 3.46. The van der Waals surface area contributed by atoms with E-state index in [0.29, 0.717) is 5.75 Å². The van der Waals surface area contributed by atoms with Gasteiger partial charge in [-0.3, -0.25) is 4.79 Å². The summed E-state index contributed by atoms with van der Waals surface area (Å²) in [7, 11) is 0. The summed E-state index contributed by atoms with van der Waals surface area (Å²) in [6.07, 6.45) is 0.451. The Morgan fingerprint density at radius 2 is 2.05 bits per heavy atom. The van der Waals surface area contributed by atoms with Crippen molar-refractivity contribution in [2.24, 2.45) is 5.41 Å². The minimum absolute atomic E-state index is 0.180. The van der Waals surface area contributed by atoms with Crippen molar-refractivity contribution in [2.75, 3.05) is 6.79 Å². The van der Waals surface area contributed by atoms with E-state index in [4.69, 9.17) is 14.2 Å². The van der Waals surface area contributed by atoms with Crippen LogP contribution in [0.5, 0.6) is 11.5 Å². The first-order chi connectivity index (χ1) is 8.94. The van der Waals surface area contributed by atoms with E-state index in [1.165, 1.54) is 0 Å². The molecule has 1 unspecified atom stereocenters. The zero-order valence-corrected chi connectivity index (χ0v) is 11.9. The molecule has 0 amide bonds. The number of hydrogen-bond donors (Lipinski definition) is 0. The Balaban J connectivity index is 2.08. The summed E-state index contributed by atoms with van der Waals surface area (Å²) in [5.74, 6) is 1.26. The molecule has 0 N–H and O–H groups in total. The van der Waals surface area contributed by atoms with Crippen molar-refractivity contribution in [2.45, 2.75) is 40.2 Å². The summed E-state index contributed by atoms with van der Waals surface area (Å²) in [5.41, 5.74) is 0.453. The van der Waals surface area contributed by atoms with Gasteiger partial charge >= 0.3 is 5.97 Å². The van der Waals surface area contributed by atoms with Crippen LogP contribution in [0.1, 0.15) is 45.8 Å². The Bertz CT molecular complexity index is 479. The molecule has 1 aromatic rings. The standard InChI is InChI=1S/C15H20O4/c1-5-15(3,4)14(16)19-10(2)11-6-7-12-13(8-11)18-9-17-12/h6-8,10H,5,9H2,1-4H3. The summed E-state index contributed by atoms with van der Waals surface area (Å²) in [5, 5.41) is 0. The number of benzene rings is 1. The van der Waals surface area contributed by atoms with Gasteiger partial charge in [-0.25, -0.2) is 0 Å². The van der Waals surface area contributed by atoms with E-state index in [1.54, 1.807) is 0 Å². The Hall–Kier alpha value is -1.71. The molecule has 1 aliphatic heterocycles. The molecule has 1 aliphatic rings. The number of fused-ring (bicyclic) bond motifs is 1. The predicted molar refractivity (Wildman–Crippen MR) is 71.1 cm³/mol. The van der Waals surface area contributed by atoms with Crippen molar-refractivity contribution in [3.63, 3.8) is 0 Å². The highest BCUT2D eigenvalue weighted by Gasteiger charge is 2.29. The minimum atomic E-state index is -0.454. The molecule has 4 nitrogen and oxygen atoms in total. The van der Waals surface area contributed by atoms with E-state index in [-0.39, 0.29) is 18.9 Å². The lowest BCUT2D eigenvalue weighted by Gasteiger charge is -2.23.